The second-order valence-electron chi connectivity index (χ2n) is 7.35. The van der Waals surface area contributed by atoms with E-state index in [1.807, 2.05) is 25.2 Å². The molecule has 28 heavy (non-hydrogen) atoms. The van der Waals surface area contributed by atoms with Crippen LogP contribution in [0.4, 0.5) is 0 Å². The van der Waals surface area contributed by atoms with E-state index in [9.17, 15) is 0 Å². The van der Waals surface area contributed by atoms with E-state index in [2.05, 4.69) is 46.5 Å². The van der Waals surface area contributed by atoms with Crippen molar-refractivity contribution < 1.29 is 9.47 Å². The molecule has 1 aliphatic heterocycles. The summed E-state index contributed by atoms with van der Waals surface area (Å²) >= 11 is 0. The van der Waals surface area contributed by atoms with Gasteiger partial charge in [0, 0.05) is 39.3 Å². The molecule has 0 spiro atoms. The summed E-state index contributed by atoms with van der Waals surface area (Å²) in [7, 11) is 1.81. The first-order valence-electron chi connectivity index (χ1n) is 10.1. The predicted octanol–water partition coefficient (Wildman–Crippen LogP) is 2.73. The minimum Gasteiger partial charge on any atom is -0.379 e. The molecule has 0 radical (unpaired) electrons. The molecule has 1 saturated heterocycles. The monoisotopic (exact) mass is 504 g/mol. The topological polar surface area (TPSA) is 58.1 Å². The molecule has 1 heterocycles. The van der Waals surface area contributed by atoms with Crippen LogP contribution in [0.15, 0.2) is 35.3 Å². The van der Waals surface area contributed by atoms with Crippen molar-refractivity contribution >= 4 is 29.9 Å². The largest absolute Gasteiger partial charge is 0.379 e. The number of nitrogens with one attached hydrogen (secondary N) is 2. The van der Waals surface area contributed by atoms with Gasteiger partial charge in [0.05, 0.1) is 26.4 Å². The summed E-state index contributed by atoms with van der Waals surface area (Å²) in [5.74, 6) is 1.50. The van der Waals surface area contributed by atoms with E-state index >= 15 is 0 Å². The lowest BCUT2D eigenvalue weighted by molar-refractivity contribution is 0.0132. The number of benzene rings is 1. The highest BCUT2D eigenvalue weighted by atomic mass is 127. The molecule has 2 rings (SSSR count). The summed E-state index contributed by atoms with van der Waals surface area (Å²) in [4.78, 5) is 6.87. The first-order chi connectivity index (χ1) is 13.2. The highest BCUT2D eigenvalue weighted by Crippen LogP contribution is 2.12. The number of aliphatic imine (C=N–C) groups is 1. The zero-order valence-electron chi connectivity index (χ0n) is 17.5. The van der Waals surface area contributed by atoms with Crippen LogP contribution in [0.3, 0.4) is 0 Å². The zero-order valence-corrected chi connectivity index (χ0v) is 19.9. The maximum atomic E-state index is 5.72. The van der Waals surface area contributed by atoms with E-state index in [1.165, 1.54) is 12.0 Å². The smallest absolute Gasteiger partial charge is 0.191 e. The molecule has 1 fully saturated rings. The van der Waals surface area contributed by atoms with Crippen LogP contribution in [0.2, 0.25) is 0 Å². The molecule has 1 atom stereocenters. The third-order valence-corrected chi connectivity index (χ3v) is 4.68. The van der Waals surface area contributed by atoms with Crippen molar-refractivity contribution in [1.29, 1.82) is 0 Å². The molecule has 2 N–H and O–H groups in total. The number of rotatable bonds is 10. The first-order valence-corrected chi connectivity index (χ1v) is 10.1. The van der Waals surface area contributed by atoms with Crippen LogP contribution in [0.1, 0.15) is 25.8 Å². The van der Waals surface area contributed by atoms with Crippen LogP contribution < -0.4 is 10.6 Å². The summed E-state index contributed by atoms with van der Waals surface area (Å²) in [6, 6.07) is 10.7. The van der Waals surface area contributed by atoms with Gasteiger partial charge in [-0.15, -0.1) is 24.0 Å². The lowest BCUT2D eigenvalue weighted by Crippen LogP contribution is -2.51. The van der Waals surface area contributed by atoms with Crippen molar-refractivity contribution in [1.82, 2.24) is 15.5 Å². The number of nitrogens with zero attached hydrogens (tertiary/aromatic N) is 2. The standard InChI is InChI=1S/C21H36N4O2.HI/c1-18(2)15-20(25-10-13-26-14-11-25)16-24-21(22-3)23-9-12-27-17-19-7-5-4-6-8-19;/h4-8,18,20H,9-17H2,1-3H3,(H2,22,23,24);1H. The molecule has 1 unspecified atom stereocenters. The molecular weight excluding hydrogens is 467 g/mol. The lowest BCUT2D eigenvalue weighted by Gasteiger charge is -2.35. The Morgan fingerprint density at radius 2 is 1.89 bits per heavy atom. The fourth-order valence-corrected chi connectivity index (χ4v) is 3.29. The van der Waals surface area contributed by atoms with E-state index in [0.29, 0.717) is 25.2 Å². The fraction of sp³-hybridized carbons (Fsp3) is 0.667. The quantitative estimate of drug-likeness (QED) is 0.222. The minimum absolute atomic E-state index is 0. The van der Waals surface area contributed by atoms with Gasteiger partial charge in [0.15, 0.2) is 5.96 Å². The number of halogens is 1. The second kappa shape index (κ2) is 15.0. The van der Waals surface area contributed by atoms with Crippen molar-refractivity contribution in [3.63, 3.8) is 0 Å². The van der Waals surface area contributed by atoms with Crippen LogP contribution in [0.5, 0.6) is 0 Å². The van der Waals surface area contributed by atoms with Gasteiger partial charge in [0.25, 0.3) is 0 Å². The summed E-state index contributed by atoms with van der Waals surface area (Å²) in [5, 5.41) is 6.82. The first kappa shape index (κ1) is 25.1. The number of ether oxygens (including phenoxy) is 2. The van der Waals surface area contributed by atoms with Gasteiger partial charge in [-0.05, 0) is 17.9 Å². The highest BCUT2D eigenvalue weighted by Gasteiger charge is 2.22. The highest BCUT2D eigenvalue weighted by molar-refractivity contribution is 14.0. The van der Waals surface area contributed by atoms with Crippen molar-refractivity contribution in [3.05, 3.63) is 35.9 Å². The van der Waals surface area contributed by atoms with Crippen LogP contribution in [-0.2, 0) is 16.1 Å². The van der Waals surface area contributed by atoms with E-state index in [4.69, 9.17) is 9.47 Å². The number of hydrogen-bond donors (Lipinski definition) is 2. The maximum absolute atomic E-state index is 5.72. The Bertz CT molecular complexity index is 536. The average Bonchev–Trinajstić information content (AvgIpc) is 2.70. The Balaban J connectivity index is 0.00000392. The molecule has 0 aliphatic carbocycles. The van der Waals surface area contributed by atoms with Gasteiger partial charge >= 0.3 is 0 Å². The molecule has 1 aromatic rings. The molecule has 0 aromatic heterocycles. The summed E-state index contributed by atoms with van der Waals surface area (Å²) < 4.78 is 11.2. The van der Waals surface area contributed by atoms with Gasteiger partial charge < -0.3 is 20.1 Å². The zero-order chi connectivity index (χ0) is 19.3. The molecule has 6 nitrogen and oxygen atoms in total. The van der Waals surface area contributed by atoms with Crippen LogP contribution in [0, 0.1) is 5.92 Å². The second-order valence-corrected chi connectivity index (χ2v) is 7.35. The number of morpholine rings is 1. The molecular formula is C21H37IN4O2. The molecule has 0 amide bonds. The molecule has 7 heteroatoms. The Hall–Kier alpha value is -0.900. The Morgan fingerprint density at radius 3 is 2.54 bits per heavy atom. The van der Waals surface area contributed by atoms with Crippen molar-refractivity contribution in [2.45, 2.75) is 32.9 Å². The van der Waals surface area contributed by atoms with Gasteiger partial charge in [-0.1, -0.05) is 44.2 Å². The Morgan fingerprint density at radius 1 is 1.18 bits per heavy atom. The fourth-order valence-electron chi connectivity index (χ4n) is 3.29. The van der Waals surface area contributed by atoms with Gasteiger partial charge in [-0.25, -0.2) is 0 Å². The Kier molecular flexibility index (Phi) is 13.5. The summed E-state index contributed by atoms with van der Waals surface area (Å²) in [6.07, 6.45) is 1.17. The predicted molar refractivity (Wildman–Crippen MR) is 127 cm³/mol. The van der Waals surface area contributed by atoms with Crippen molar-refractivity contribution in [2.24, 2.45) is 10.9 Å². The Labute approximate surface area is 187 Å². The van der Waals surface area contributed by atoms with E-state index in [1.54, 1.807) is 0 Å². The van der Waals surface area contributed by atoms with Gasteiger partial charge in [0.1, 0.15) is 0 Å². The summed E-state index contributed by atoms with van der Waals surface area (Å²) in [6.45, 7) is 11.2. The molecule has 1 aliphatic rings. The van der Waals surface area contributed by atoms with E-state index in [0.717, 1.165) is 45.4 Å². The number of guanidine groups is 1. The van der Waals surface area contributed by atoms with Crippen LogP contribution >= 0.6 is 24.0 Å². The summed E-state index contributed by atoms with van der Waals surface area (Å²) in [5.41, 5.74) is 1.20. The third kappa shape index (κ3) is 10.0. The van der Waals surface area contributed by atoms with E-state index in [-0.39, 0.29) is 24.0 Å². The van der Waals surface area contributed by atoms with Gasteiger partial charge in [0.2, 0.25) is 0 Å². The SMILES string of the molecule is CN=C(NCCOCc1ccccc1)NCC(CC(C)C)N1CCOCC1.I. The van der Waals surface area contributed by atoms with Gasteiger partial charge in [-0.2, -0.15) is 0 Å². The molecule has 0 bridgehead atoms. The molecule has 160 valence electrons. The van der Waals surface area contributed by atoms with Gasteiger partial charge in [-0.3, -0.25) is 9.89 Å². The van der Waals surface area contributed by atoms with Crippen LogP contribution in [-0.4, -0.2) is 69.9 Å². The molecule has 0 saturated carbocycles. The average molecular weight is 504 g/mol. The van der Waals surface area contributed by atoms with Crippen molar-refractivity contribution in [2.75, 3.05) is 53.0 Å². The van der Waals surface area contributed by atoms with Crippen molar-refractivity contribution in [3.8, 4) is 0 Å². The molecule has 1 aromatic carbocycles. The normalized spacial score (nSPS) is 16.5. The van der Waals surface area contributed by atoms with E-state index < -0.39 is 0 Å². The maximum Gasteiger partial charge on any atom is 0.191 e. The third-order valence-electron chi connectivity index (χ3n) is 4.68. The lowest BCUT2D eigenvalue weighted by atomic mass is 10.0. The minimum atomic E-state index is 0. The number of hydrogen-bond acceptors (Lipinski definition) is 4. The van der Waals surface area contributed by atoms with Crippen LogP contribution in [0.25, 0.3) is 0 Å².